The van der Waals surface area contributed by atoms with Crippen LogP contribution in [0.3, 0.4) is 0 Å². The van der Waals surface area contributed by atoms with Gasteiger partial charge in [0.25, 0.3) is 0 Å². The molecule has 2 rings (SSSR count). The highest BCUT2D eigenvalue weighted by molar-refractivity contribution is 5.67. The van der Waals surface area contributed by atoms with Crippen LogP contribution in [0.25, 0.3) is 5.57 Å². The lowest BCUT2D eigenvalue weighted by Gasteiger charge is -2.24. The number of aliphatic hydroxyl groups excluding tert-OH is 1. The van der Waals surface area contributed by atoms with Crippen molar-refractivity contribution in [2.24, 2.45) is 0 Å². The third-order valence-corrected chi connectivity index (χ3v) is 3.06. The van der Waals surface area contributed by atoms with Crippen molar-refractivity contribution >= 4 is 5.57 Å². The first-order valence-electron chi connectivity index (χ1n) is 6.54. The highest BCUT2D eigenvalue weighted by Crippen LogP contribution is 2.27. The van der Waals surface area contributed by atoms with Gasteiger partial charge in [-0.1, -0.05) is 56.3 Å². The van der Waals surface area contributed by atoms with Crippen molar-refractivity contribution in [3.8, 4) is 0 Å². The van der Waals surface area contributed by atoms with Crippen LogP contribution in [0.15, 0.2) is 72.9 Å². The number of benzene rings is 1. The average molecular weight is 253 g/mol. The van der Waals surface area contributed by atoms with Gasteiger partial charge in [-0.25, -0.2) is 0 Å². The van der Waals surface area contributed by atoms with E-state index >= 15 is 0 Å². The van der Waals surface area contributed by atoms with Crippen LogP contribution >= 0.6 is 0 Å². The molecular formula is C17H19NO. The van der Waals surface area contributed by atoms with Gasteiger partial charge in [0.1, 0.15) is 0 Å². The topological polar surface area (TPSA) is 23.5 Å². The molecule has 0 radical (unpaired) electrons. The second-order valence-corrected chi connectivity index (χ2v) is 4.48. The lowest BCUT2D eigenvalue weighted by Crippen LogP contribution is -2.17. The first kappa shape index (κ1) is 13.2. The molecule has 1 aliphatic heterocycles. The second-order valence-electron chi connectivity index (χ2n) is 4.48. The number of hydrogen-bond donors (Lipinski definition) is 1. The van der Waals surface area contributed by atoms with E-state index in [-0.39, 0.29) is 5.88 Å². The summed E-state index contributed by atoms with van der Waals surface area (Å²) in [5.41, 5.74) is 2.77. The van der Waals surface area contributed by atoms with Crippen molar-refractivity contribution in [2.75, 3.05) is 0 Å². The van der Waals surface area contributed by atoms with Crippen molar-refractivity contribution in [2.45, 2.75) is 19.8 Å². The van der Waals surface area contributed by atoms with Crippen molar-refractivity contribution in [1.82, 2.24) is 4.90 Å². The van der Waals surface area contributed by atoms with Gasteiger partial charge in [-0.2, -0.15) is 0 Å². The molecule has 98 valence electrons. The number of rotatable bonds is 4. The molecule has 1 aromatic carbocycles. The molecule has 2 nitrogen and oxygen atoms in total. The summed E-state index contributed by atoms with van der Waals surface area (Å²) in [5, 5.41) is 10.5. The van der Waals surface area contributed by atoms with Crippen molar-refractivity contribution in [1.29, 1.82) is 0 Å². The maximum absolute atomic E-state index is 10.5. The molecule has 2 heteroatoms. The molecule has 0 saturated heterocycles. The summed E-state index contributed by atoms with van der Waals surface area (Å²) < 4.78 is 0. The summed E-state index contributed by atoms with van der Waals surface area (Å²) >= 11 is 0. The minimum absolute atomic E-state index is 0.263. The van der Waals surface area contributed by atoms with Gasteiger partial charge < -0.3 is 5.11 Å². The van der Waals surface area contributed by atoms with E-state index in [2.05, 4.69) is 13.5 Å². The Balaban J connectivity index is 2.41. The number of nitrogens with zero attached hydrogens (tertiary/aromatic N) is 1. The van der Waals surface area contributed by atoms with Crippen LogP contribution in [-0.2, 0) is 0 Å². The SMILES string of the molecule is C=C1C=CC=CN1/C(O)=C(\CCC)c1ccccc1. The maximum Gasteiger partial charge on any atom is 0.199 e. The second kappa shape index (κ2) is 6.10. The Morgan fingerprint density at radius 1 is 1.21 bits per heavy atom. The van der Waals surface area contributed by atoms with Crippen LogP contribution in [0.1, 0.15) is 25.3 Å². The highest BCUT2D eigenvalue weighted by Gasteiger charge is 2.15. The summed E-state index contributed by atoms with van der Waals surface area (Å²) in [6.45, 7) is 6.05. The average Bonchev–Trinajstić information content (AvgIpc) is 2.45. The van der Waals surface area contributed by atoms with E-state index in [0.29, 0.717) is 0 Å². The Labute approximate surface area is 114 Å². The fourth-order valence-electron chi connectivity index (χ4n) is 2.11. The molecule has 0 bridgehead atoms. The van der Waals surface area contributed by atoms with Gasteiger partial charge in [0.15, 0.2) is 5.88 Å². The molecule has 0 fully saturated rings. The van der Waals surface area contributed by atoms with Crippen LogP contribution < -0.4 is 0 Å². The third kappa shape index (κ3) is 2.97. The lowest BCUT2D eigenvalue weighted by molar-refractivity contribution is 0.293. The molecule has 1 heterocycles. The molecular weight excluding hydrogens is 234 g/mol. The van der Waals surface area contributed by atoms with Crippen LogP contribution in [-0.4, -0.2) is 10.0 Å². The van der Waals surface area contributed by atoms with Gasteiger partial charge in [-0.15, -0.1) is 0 Å². The molecule has 0 unspecified atom stereocenters. The van der Waals surface area contributed by atoms with Crippen LogP contribution in [0.2, 0.25) is 0 Å². The summed E-state index contributed by atoms with van der Waals surface area (Å²) in [7, 11) is 0. The van der Waals surface area contributed by atoms with Gasteiger partial charge >= 0.3 is 0 Å². The van der Waals surface area contributed by atoms with Gasteiger partial charge in [-0.3, -0.25) is 4.90 Å². The van der Waals surface area contributed by atoms with Crippen LogP contribution in [0, 0.1) is 0 Å². The summed E-state index contributed by atoms with van der Waals surface area (Å²) in [6.07, 6.45) is 9.32. The Morgan fingerprint density at radius 3 is 2.58 bits per heavy atom. The van der Waals surface area contributed by atoms with Crippen molar-refractivity contribution in [3.05, 3.63) is 78.5 Å². The zero-order valence-corrected chi connectivity index (χ0v) is 11.2. The van der Waals surface area contributed by atoms with Crippen LogP contribution in [0.5, 0.6) is 0 Å². The number of allylic oxidation sites excluding steroid dienone is 4. The fourth-order valence-corrected chi connectivity index (χ4v) is 2.11. The quantitative estimate of drug-likeness (QED) is 0.792. The first-order chi connectivity index (χ1) is 9.24. The predicted molar refractivity (Wildman–Crippen MR) is 80.2 cm³/mol. The summed E-state index contributed by atoms with van der Waals surface area (Å²) in [6, 6.07) is 9.99. The molecule has 1 aliphatic rings. The minimum Gasteiger partial charge on any atom is -0.494 e. The smallest absolute Gasteiger partial charge is 0.199 e. The van der Waals surface area contributed by atoms with E-state index in [9.17, 15) is 5.11 Å². The van der Waals surface area contributed by atoms with Crippen molar-refractivity contribution in [3.63, 3.8) is 0 Å². The molecule has 1 N–H and O–H groups in total. The number of hydrogen-bond acceptors (Lipinski definition) is 2. The zero-order chi connectivity index (χ0) is 13.7. The molecule has 0 aromatic heterocycles. The Hall–Kier alpha value is -2.22. The fraction of sp³-hybridized carbons (Fsp3) is 0.176. The molecule has 0 amide bonds. The molecule has 0 saturated carbocycles. The van der Waals surface area contributed by atoms with E-state index in [1.807, 2.05) is 54.8 Å². The number of aliphatic hydroxyl groups is 1. The monoisotopic (exact) mass is 253 g/mol. The van der Waals surface area contributed by atoms with E-state index in [1.165, 1.54) is 0 Å². The van der Waals surface area contributed by atoms with E-state index in [1.54, 1.807) is 4.90 Å². The minimum atomic E-state index is 0.263. The third-order valence-electron chi connectivity index (χ3n) is 3.06. The molecule has 0 spiro atoms. The molecule has 1 aromatic rings. The molecule has 0 atom stereocenters. The van der Waals surface area contributed by atoms with Crippen LogP contribution in [0.4, 0.5) is 0 Å². The lowest BCUT2D eigenvalue weighted by atomic mass is 10.0. The predicted octanol–water partition coefficient (Wildman–Crippen LogP) is 4.61. The Bertz CT molecular complexity index is 538. The van der Waals surface area contributed by atoms with Gasteiger partial charge in [0, 0.05) is 17.5 Å². The summed E-state index contributed by atoms with van der Waals surface area (Å²) in [5.74, 6) is 0.263. The maximum atomic E-state index is 10.5. The van der Waals surface area contributed by atoms with E-state index in [0.717, 1.165) is 29.7 Å². The standard InChI is InChI=1S/C17H19NO/c1-3-9-16(15-11-5-4-6-12-15)17(19)18-13-8-7-10-14(18)2/h4-8,10-13,19H,2-3,9H2,1H3/b17-16-. The molecule has 0 aliphatic carbocycles. The first-order valence-corrected chi connectivity index (χ1v) is 6.54. The van der Waals surface area contributed by atoms with Gasteiger partial charge in [0.05, 0.1) is 0 Å². The highest BCUT2D eigenvalue weighted by atomic mass is 16.3. The van der Waals surface area contributed by atoms with E-state index in [4.69, 9.17) is 0 Å². The van der Waals surface area contributed by atoms with Gasteiger partial charge in [0.2, 0.25) is 0 Å². The molecule has 19 heavy (non-hydrogen) atoms. The normalized spacial score (nSPS) is 15.6. The summed E-state index contributed by atoms with van der Waals surface area (Å²) in [4.78, 5) is 1.72. The van der Waals surface area contributed by atoms with E-state index < -0.39 is 0 Å². The Kier molecular flexibility index (Phi) is 4.24. The zero-order valence-electron chi connectivity index (χ0n) is 11.2. The largest absolute Gasteiger partial charge is 0.494 e. The van der Waals surface area contributed by atoms with Crippen molar-refractivity contribution < 1.29 is 5.11 Å². The van der Waals surface area contributed by atoms with Gasteiger partial charge in [-0.05, 0) is 24.1 Å². The Morgan fingerprint density at radius 2 is 1.95 bits per heavy atom.